The number of aromatic nitrogens is 2. The van der Waals surface area contributed by atoms with E-state index in [4.69, 9.17) is 11.1 Å². The number of rotatable bonds is 5. The molecule has 7 N–H and O–H groups in total. The van der Waals surface area contributed by atoms with Gasteiger partial charge in [-0.3, -0.25) is 19.8 Å². The molecule has 4 aromatic rings. The first-order valence-corrected chi connectivity index (χ1v) is 20.9. The monoisotopic (exact) mass is 906 g/mol. The molecule has 53 heavy (non-hydrogen) atoms. The summed E-state index contributed by atoms with van der Waals surface area (Å²) in [4.78, 5) is 41.4. The van der Waals surface area contributed by atoms with E-state index >= 15 is 0 Å². The van der Waals surface area contributed by atoms with Crippen LogP contribution in [0.4, 0.5) is 5.13 Å². The molecule has 0 atom stereocenters. The molecule has 0 radical (unpaired) electrons. The number of aryl methyl sites for hydroxylation is 5. The molecule has 0 aliphatic heterocycles. The molecule has 0 saturated heterocycles. The molecule has 0 spiro atoms. The first-order chi connectivity index (χ1) is 24.9. The number of benzene rings is 2. The van der Waals surface area contributed by atoms with Crippen molar-refractivity contribution in [3.05, 3.63) is 96.7 Å². The highest BCUT2D eigenvalue weighted by Crippen LogP contribution is 2.27. The number of Topliss-reactive ketones (excluding diaryl/α,β-unsaturated/α-hetero) is 3. The Hall–Kier alpha value is -3.04. The third-order valence-corrected chi connectivity index (χ3v) is 11.2. The Morgan fingerprint density at radius 2 is 1.25 bits per heavy atom. The number of hydrogen-bond acceptors (Lipinski definition) is 9. The quantitative estimate of drug-likeness (QED) is 0.0877. The van der Waals surface area contributed by atoms with Crippen LogP contribution in [0.2, 0.25) is 0 Å². The smallest absolute Gasteiger partial charge is 0.182 e. The first-order valence-electron chi connectivity index (χ1n) is 17.7. The molecule has 7 rings (SSSR count). The zero-order chi connectivity index (χ0) is 38.0. The molecule has 0 bridgehead atoms. The summed E-state index contributed by atoms with van der Waals surface area (Å²) in [6.07, 6.45) is 14.6. The van der Waals surface area contributed by atoms with Crippen LogP contribution in [-0.2, 0) is 37.0 Å². The SMILES string of the molecule is Br.Cc1ccc(C(=O)CBr)cc1.Cc1ccc(C(=O)Cn2c3c(sc2=N)CCCC3)cc1.NC(N)=S.Nc1nc2c(s1)CCCC2.O=C1CCCCC1. The van der Waals surface area contributed by atoms with Crippen molar-refractivity contribution in [3.63, 3.8) is 0 Å². The van der Waals surface area contributed by atoms with Crippen LogP contribution in [0.25, 0.3) is 0 Å². The Labute approximate surface area is 345 Å². The molecule has 1 fully saturated rings. The van der Waals surface area contributed by atoms with Crippen molar-refractivity contribution in [2.45, 2.75) is 104 Å². The van der Waals surface area contributed by atoms with Crippen LogP contribution in [0.5, 0.6) is 0 Å². The lowest BCUT2D eigenvalue weighted by molar-refractivity contribution is -0.120. The first kappa shape index (κ1) is 46.1. The van der Waals surface area contributed by atoms with Crippen LogP contribution >= 0.6 is 67.8 Å². The molecular weight excluding hydrogens is 856 g/mol. The van der Waals surface area contributed by atoms with E-state index in [1.165, 1.54) is 76.6 Å². The van der Waals surface area contributed by atoms with E-state index in [9.17, 15) is 14.4 Å². The van der Waals surface area contributed by atoms with E-state index in [1.807, 2.05) is 66.9 Å². The number of nitrogens with two attached hydrogens (primary N) is 3. The largest absolute Gasteiger partial charge is 0.377 e. The topological polar surface area (TPSA) is 171 Å². The molecule has 14 heteroatoms. The number of nitrogens with zero attached hydrogens (tertiary/aromatic N) is 2. The molecule has 1 saturated carbocycles. The summed E-state index contributed by atoms with van der Waals surface area (Å²) >= 11 is 10.4. The Morgan fingerprint density at radius 3 is 1.74 bits per heavy atom. The second-order valence-electron chi connectivity index (χ2n) is 12.9. The average molecular weight is 909 g/mol. The lowest BCUT2D eigenvalue weighted by Gasteiger charge is -2.14. The Morgan fingerprint density at radius 1 is 0.774 bits per heavy atom. The van der Waals surface area contributed by atoms with Crippen molar-refractivity contribution >= 4 is 95.4 Å². The van der Waals surface area contributed by atoms with Crippen LogP contribution in [0.3, 0.4) is 0 Å². The number of carbonyl (C=O) groups is 3. The van der Waals surface area contributed by atoms with Gasteiger partial charge in [-0.2, -0.15) is 0 Å². The summed E-state index contributed by atoms with van der Waals surface area (Å²) in [6, 6.07) is 15.2. The number of carbonyl (C=O) groups excluding carboxylic acids is 3. The number of ketones is 3. The zero-order valence-electron chi connectivity index (χ0n) is 30.6. The van der Waals surface area contributed by atoms with E-state index < -0.39 is 0 Å². The van der Waals surface area contributed by atoms with E-state index in [-0.39, 0.29) is 33.7 Å². The molecule has 2 aromatic heterocycles. The molecule has 0 amide bonds. The zero-order valence-corrected chi connectivity index (χ0v) is 36.3. The van der Waals surface area contributed by atoms with E-state index in [1.54, 1.807) is 11.3 Å². The van der Waals surface area contributed by atoms with E-state index in [0.29, 0.717) is 22.5 Å². The van der Waals surface area contributed by atoms with Crippen LogP contribution in [0.1, 0.15) is 111 Å². The van der Waals surface area contributed by atoms with Crippen LogP contribution in [0.15, 0.2) is 48.5 Å². The number of alkyl halides is 1. The fraction of sp³-hybridized carbons (Fsp3) is 0.436. The van der Waals surface area contributed by atoms with Gasteiger partial charge in [-0.25, -0.2) is 4.98 Å². The summed E-state index contributed by atoms with van der Waals surface area (Å²) < 4.78 is 1.90. The molecule has 0 unspecified atom stereocenters. The van der Waals surface area contributed by atoms with Crippen molar-refractivity contribution in [1.82, 2.24) is 9.55 Å². The van der Waals surface area contributed by atoms with Gasteiger partial charge in [0.25, 0.3) is 0 Å². The van der Waals surface area contributed by atoms with Gasteiger partial charge in [0, 0.05) is 39.4 Å². The van der Waals surface area contributed by atoms with Gasteiger partial charge in [-0.05, 0) is 90.3 Å². The van der Waals surface area contributed by atoms with E-state index in [2.05, 4.69) is 44.6 Å². The van der Waals surface area contributed by atoms with Crippen molar-refractivity contribution in [1.29, 1.82) is 5.41 Å². The average Bonchev–Trinajstić information content (AvgIpc) is 3.67. The fourth-order valence-electron chi connectivity index (χ4n) is 5.83. The molecule has 3 aliphatic rings. The maximum Gasteiger partial charge on any atom is 0.182 e. The number of thiazole rings is 2. The fourth-order valence-corrected chi connectivity index (χ4v) is 8.17. The number of nitrogen functional groups attached to an aromatic ring is 1. The highest BCUT2D eigenvalue weighted by Gasteiger charge is 2.19. The van der Waals surface area contributed by atoms with Crippen molar-refractivity contribution in [2.75, 3.05) is 11.1 Å². The Bertz CT molecular complexity index is 1800. The summed E-state index contributed by atoms with van der Waals surface area (Å²) in [6.45, 7) is 4.32. The number of halogens is 2. The molecule has 2 heterocycles. The predicted octanol–water partition coefficient (Wildman–Crippen LogP) is 8.56. The second-order valence-corrected chi connectivity index (χ2v) is 16.1. The predicted molar refractivity (Wildman–Crippen MR) is 232 cm³/mol. The summed E-state index contributed by atoms with van der Waals surface area (Å²) in [5.41, 5.74) is 21.1. The summed E-state index contributed by atoms with van der Waals surface area (Å²) in [5, 5.41) is 9.23. The minimum atomic E-state index is 0. The van der Waals surface area contributed by atoms with Crippen molar-refractivity contribution in [3.8, 4) is 0 Å². The van der Waals surface area contributed by atoms with Gasteiger partial charge in [-0.15, -0.1) is 39.7 Å². The molecular formula is C39H52Br2N6O3S3. The van der Waals surface area contributed by atoms with Crippen molar-refractivity contribution in [2.24, 2.45) is 11.5 Å². The minimum absolute atomic E-state index is 0. The number of nitrogens with one attached hydrogen (secondary N) is 1. The van der Waals surface area contributed by atoms with E-state index in [0.717, 1.165) is 66.8 Å². The van der Waals surface area contributed by atoms with Gasteiger partial charge in [0.15, 0.2) is 26.6 Å². The maximum atomic E-state index is 12.4. The van der Waals surface area contributed by atoms with Crippen LogP contribution in [-0.4, -0.2) is 37.3 Å². The standard InChI is InChI=1S/C16H18N2OS.C9H9BrO.C7H10N2S.C6H10O.CH4N2S.BrH/c1-11-6-8-12(9-7-11)14(19)10-18-13-4-2-3-5-15(13)20-16(18)17;1-7-2-4-8(5-3-7)9(11)6-10;8-7-9-5-3-1-2-4-6(5)10-7;7-6-4-2-1-3-5-6;2-1(3)4;/h6-9,17H,2-5,10H2,1H3;2-5H,6H2,1H3;1-4H2,(H2,8,9);1-5H2;(H4,2,3,4);1H. The Kier molecular flexibility index (Phi) is 21.2. The lowest BCUT2D eigenvalue weighted by Crippen LogP contribution is -2.22. The van der Waals surface area contributed by atoms with Gasteiger partial charge in [0.2, 0.25) is 0 Å². The normalized spacial score (nSPS) is 13.9. The van der Waals surface area contributed by atoms with Gasteiger partial charge < -0.3 is 21.8 Å². The van der Waals surface area contributed by atoms with Gasteiger partial charge in [0.1, 0.15) is 5.78 Å². The van der Waals surface area contributed by atoms with Gasteiger partial charge in [-0.1, -0.05) is 82.0 Å². The number of thiocarbonyl (C=S) groups is 1. The van der Waals surface area contributed by atoms with Crippen LogP contribution in [0, 0.1) is 19.3 Å². The third kappa shape index (κ3) is 16.5. The van der Waals surface area contributed by atoms with Gasteiger partial charge >= 0.3 is 0 Å². The molecule has 9 nitrogen and oxygen atoms in total. The maximum absolute atomic E-state index is 12.4. The van der Waals surface area contributed by atoms with Gasteiger partial charge in [0.05, 0.1) is 17.6 Å². The number of anilines is 1. The number of fused-ring (bicyclic) bond motifs is 2. The third-order valence-electron chi connectivity index (χ3n) is 8.62. The highest BCUT2D eigenvalue weighted by molar-refractivity contribution is 9.09. The number of hydrogen-bond donors (Lipinski definition) is 4. The molecule has 3 aliphatic carbocycles. The Balaban J connectivity index is 0.000000252. The minimum Gasteiger partial charge on any atom is -0.377 e. The van der Waals surface area contributed by atoms with Crippen LogP contribution < -0.4 is 22.0 Å². The second kappa shape index (κ2) is 24.4. The van der Waals surface area contributed by atoms with Crippen molar-refractivity contribution < 1.29 is 14.4 Å². The summed E-state index contributed by atoms with van der Waals surface area (Å²) in [5.74, 6) is 0.686. The highest BCUT2D eigenvalue weighted by atomic mass is 79.9. The summed E-state index contributed by atoms with van der Waals surface area (Å²) in [7, 11) is 0. The molecule has 288 valence electrons. The molecule has 2 aromatic carbocycles. The lowest BCUT2D eigenvalue weighted by atomic mass is 10.00.